The van der Waals surface area contributed by atoms with Gasteiger partial charge in [0.15, 0.2) is 0 Å². The summed E-state index contributed by atoms with van der Waals surface area (Å²) in [7, 11) is 0. The van der Waals surface area contributed by atoms with Gasteiger partial charge in [-0.1, -0.05) is 58.8 Å². The van der Waals surface area contributed by atoms with Gasteiger partial charge < -0.3 is 9.47 Å². The second kappa shape index (κ2) is 13.0. The number of benzene rings is 1. The third-order valence-corrected chi connectivity index (χ3v) is 3.84. The molecule has 0 bridgehead atoms. The van der Waals surface area contributed by atoms with Crippen molar-refractivity contribution in [3.05, 3.63) is 29.8 Å². The molecule has 0 spiro atoms. The lowest BCUT2D eigenvalue weighted by Crippen LogP contribution is -2.06. The van der Waals surface area contributed by atoms with Crippen molar-refractivity contribution in [1.29, 1.82) is 0 Å². The Morgan fingerprint density at radius 2 is 1.35 bits per heavy atom. The molecule has 130 valence electrons. The number of unbranched alkanes of at least 4 members (excludes halogenated alkanes) is 7. The Balaban J connectivity index is 2.20. The molecule has 0 aliphatic heterocycles. The zero-order valence-corrected chi connectivity index (χ0v) is 14.8. The van der Waals surface area contributed by atoms with Crippen molar-refractivity contribution in [3.63, 3.8) is 0 Å². The lowest BCUT2D eigenvalue weighted by molar-refractivity contribution is 0.0497. The van der Waals surface area contributed by atoms with E-state index in [2.05, 4.69) is 13.8 Å². The molecular formula is C20H32O3. The number of hydrogen-bond donors (Lipinski definition) is 0. The molecule has 0 aromatic heterocycles. The Labute approximate surface area is 141 Å². The first-order valence-electron chi connectivity index (χ1n) is 9.18. The molecule has 0 saturated heterocycles. The fraction of sp³-hybridized carbons (Fsp3) is 0.650. The predicted octanol–water partition coefficient (Wildman–Crippen LogP) is 5.77. The third kappa shape index (κ3) is 9.27. The van der Waals surface area contributed by atoms with Gasteiger partial charge in [-0.05, 0) is 37.1 Å². The van der Waals surface area contributed by atoms with Crippen LogP contribution in [0, 0.1) is 0 Å². The van der Waals surface area contributed by atoms with E-state index in [9.17, 15) is 4.79 Å². The minimum absolute atomic E-state index is 0.241. The summed E-state index contributed by atoms with van der Waals surface area (Å²) in [5.41, 5.74) is 0.594. The topological polar surface area (TPSA) is 35.5 Å². The van der Waals surface area contributed by atoms with E-state index in [1.54, 1.807) is 12.1 Å². The average Bonchev–Trinajstić information content (AvgIpc) is 2.58. The van der Waals surface area contributed by atoms with Gasteiger partial charge in [-0.3, -0.25) is 0 Å². The Bertz CT molecular complexity index is 411. The summed E-state index contributed by atoms with van der Waals surface area (Å²) in [6, 6.07) is 7.25. The first-order valence-corrected chi connectivity index (χ1v) is 9.18. The van der Waals surface area contributed by atoms with E-state index in [0.717, 1.165) is 31.6 Å². The van der Waals surface area contributed by atoms with Gasteiger partial charge in [-0.2, -0.15) is 0 Å². The molecule has 1 rings (SSSR count). The maximum atomic E-state index is 11.9. The van der Waals surface area contributed by atoms with Crippen molar-refractivity contribution in [2.45, 2.75) is 71.6 Å². The maximum Gasteiger partial charge on any atom is 0.338 e. The molecule has 3 heteroatoms. The average molecular weight is 320 g/mol. The van der Waals surface area contributed by atoms with Crippen LogP contribution in [0.25, 0.3) is 0 Å². The molecule has 0 fully saturated rings. The van der Waals surface area contributed by atoms with Crippen molar-refractivity contribution >= 4 is 5.97 Å². The zero-order valence-electron chi connectivity index (χ0n) is 14.8. The molecule has 3 nitrogen and oxygen atoms in total. The Kier molecular flexibility index (Phi) is 11.0. The number of carbonyl (C=O) groups is 1. The molecule has 0 atom stereocenters. The summed E-state index contributed by atoms with van der Waals surface area (Å²) in [5, 5.41) is 0. The highest BCUT2D eigenvalue weighted by molar-refractivity contribution is 5.89. The van der Waals surface area contributed by atoms with E-state index in [1.165, 1.54) is 38.5 Å². The highest BCUT2D eigenvalue weighted by Crippen LogP contribution is 2.14. The second-order valence-electron chi connectivity index (χ2n) is 5.98. The highest BCUT2D eigenvalue weighted by atomic mass is 16.5. The summed E-state index contributed by atoms with van der Waals surface area (Å²) in [6.45, 7) is 5.64. The summed E-state index contributed by atoms with van der Waals surface area (Å²) < 4.78 is 11.0. The molecule has 0 aliphatic carbocycles. The van der Waals surface area contributed by atoms with Crippen LogP contribution in [0.15, 0.2) is 24.3 Å². The van der Waals surface area contributed by atoms with Crippen LogP contribution in [0.5, 0.6) is 5.75 Å². The molecule has 1 aromatic rings. The van der Waals surface area contributed by atoms with E-state index in [1.807, 2.05) is 12.1 Å². The molecule has 1 aromatic carbocycles. The van der Waals surface area contributed by atoms with Crippen LogP contribution >= 0.6 is 0 Å². The van der Waals surface area contributed by atoms with Gasteiger partial charge in [0.05, 0.1) is 18.8 Å². The van der Waals surface area contributed by atoms with Crippen molar-refractivity contribution in [3.8, 4) is 5.75 Å². The van der Waals surface area contributed by atoms with E-state index >= 15 is 0 Å². The zero-order chi connectivity index (χ0) is 16.8. The maximum absolute atomic E-state index is 11.9. The summed E-state index contributed by atoms with van der Waals surface area (Å²) >= 11 is 0. The monoisotopic (exact) mass is 320 g/mol. The Hall–Kier alpha value is -1.51. The van der Waals surface area contributed by atoms with E-state index in [0.29, 0.717) is 12.2 Å². The molecule has 0 heterocycles. The van der Waals surface area contributed by atoms with E-state index in [-0.39, 0.29) is 5.97 Å². The standard InChI is InChI=1S/C20H32O3/c1-3-5-7-9-11-17-23-20(21)18-12-14-19(15-13-18)22-16-10-8-6-4-2/h12-15H,3-11,16-17H2,1-2H3. The summed E-state index contributed by atoms with van der Waals surface area (Å²) in [4.78, 5) is 11.9. The first-order chi connectivity index (χ1) is 11.3. The molecule has 0 amide bonds. The van der Waals surface area contributed by atoms with Crippen LogP contribution in [0.2, 0.25) is 0 Å². The minimum atomic E-state index is -0.241. The predicted molar refractivity (Wildman–Crippen MR) is 95.1 cm³/mol. The van der Waals surface area contributed by atoms with Gasteiger partial charge in [-0.25, -0.2) is 4.79 Å². The first kappa shape index (κ1) is 19.5. The quantitative estimate of drug-likeness (QED) is 0.342. The highest BCUT2D eigenvalue weighted by Gasteiger charge is 2.06. The molecule has 0 aliphatic rings. The number of esters is 1. The van der Waals surface area contributed by atoms with Gasteiger partial charge in [0.1, 0.15) is 5.75 Å². The summed E-state index contributed by atoms with van der Waals surface area (Å²) in [5.74, 6) is 0.576. The Morgan fingerprint density at radius 1 is 0.783 bits per heavy atom. The number of ether oxygens (including phenoxy) is 2. The molecule has 23 heavy (non-hydrogen) atoms. The molecular weight excluding hydrogens is 288 g/mol. The molecule has 0 saturated carbocycles. The fourth-order valence-corrected chi connectivity index (χ4v) is 2.36. The minimum Gasteiger partial charge on any atom is -0.494 e. The van der Waals surface area contributed by atoms with Gasteiger partial charge in [0.25, 0.3) is 0 Å². The number of carbonyl (C=O) groups excluding carboxylic acids is 1. The molecule has 0 radical (unpaired) electrons. The lowest BCUT2D eigenvalue weighted by Gasteiger charge is -2.07. The second-order valence-corrected chi connectivity index (χ2v) is 5.98. The van der Waals surface area contributed by atoms with Gasteiger partial charge in [-0.15, -0.1) is 0 Å². The van der Waals surface area contributed by atoms with E-state index in [4.69, 9.17) is 9.47 Å². The smallest absolute Gasteiger partial charge is 0.338 e. The SMILES string of the molecule is CCCCCCCOC(=O)c1ccc(OCCCCCC)cc1. The fourth-order valence-electron chi connectivity index (χ4n) is 2.36. The van der Waals surface area contributed by atoms with Gasteiger partial charge >= 0.3 is 5.97 Å². The van der Waals surface area contributed by atoms with Crippen molar-refractivity contribution in [2.75, 3.05) is 13.2 Å². The van der Waals surface area contributed by atoms with Crippen LogP contribution < -0.4 is 4.74 Å². The lowest BCUT2D eigenvalue weighted by atomic mass is 10.2. The van der Waals surface area contributed by atoms with Gasteiger partial charge in [0, 0.05) is 0 Å². The third-order valence-electron chi connectivity index (χ3n) is 3.84. The Morgan fingerprint density at radius 3 is 2.00 bits per heavy atom. The van der Waals surface area contributed by atoms with Crippen molar-refractivity contribution in [1.82, 2.24) is 0 Å². The van der Waals surface area contributed by atoms with Crippen molar-refractivity contribution < 1.29 is 14.3 Å². The van der Waals surface area contributed by atoms with Crippen LogP contribution in [-0.4, -0.2) is 19.2 Å². The van der Waals surface area contributed by atoms with E-state index < -0.39 is 0 Å². The largest absolute Gasteiger partial charge is 0.494 e. The van der Waals surface area contributed by atoms with Crippen molar-refractivity contribution in [2.24, 2.45) is 0 Å². The summed E-state index contributed by atoms with van der Waals surface area (Å²) in [6.07, 6.45) is 10.6. The van der Waals surface area contributed by atoms with Crippen LogP contribution in [0.4, 0.5) is 0 Å². The number of hydrogen-bond acceptors (Lipinski definition) is 3. The van der Waals surface area contributed by atoms with Crippen LogP contribution in [-0.2, 0) is 4.74 Å². The molecule has 0 unspecified atom stereocenters. The molecule has 0 N–H and O–H groups in total. The van der Waals surface area contributed by atoms with Crippen LogP contribution in [0.3, 0.4) is 0 Å². The van der Waals surface area contributed by atoms with Gasteiger partial charge in [0.2, 0.25) is 0 Å². The number of rotatable bonds is 13. The van der Waals surface area contributed by atoms with Crippen LogP contribution in [0.1, 0.15) is 82.0 Å². The normalized spacial score (nSPS) is 10.5.